The van der Waals surface area contributed by atoms with Gasteiger partial charge in [-0.3, -0.25) is 14.4 Å². The number of aliphatic hydroxyl groups excluding tert-OH is 1. The van der Waals surface area contributed by atoms with Crippen LogP contribution in [0.4, 0.5) is 0 Å². The maximum Gasteiger partial charge on any atom is 0.310 e. The number of likely N-dealkylation sites (tertiary alicyclic amines) is 1. The van der Waals surface area contributed by atoms with E-state index >= 15 is 0 Å². The molecular formula is C29H40N2O5S. The fourth-order valence-corrected chi connectivity index (χ4v) is 9.21. The molecule has 1 N–H and O–H groups in total. The van der Waals surface area contributed by atoms with Crippen LogP contribution in [-0.2, 0) is 25.7 Å². The monoisotopic (exact) mass is 528 g/mol. The summed E-state index contributed by atoms with van der Waals surface area (Å²) in [6.45, 7) is 12.6. The predicted octanol–water partition coefficient (Wildman–Crippen LogP) is 3.51. The van der Waals surface area contributed by atoms with E-state index < -0.39 is 28.7 Å². The number of benzene rings is 1. The number of hydrogen-bond donors (Lipinski definition) is 1. The summed E-state index contributed by atoms with van der Waals surface area (Å²) in [5.41, 5.74) is 0.990. The summed E-state index contributed by atoms with van der Waals surface area (Å²) >= 11 is 1.63. The number of nitrogens with zero attached hydrogens (tertiary/aromatic N) is 2. The number of esters is 1. The Morgan fingerprint density at radius 3 is 2.62 bits per heavy atom. The Bertz CT molecular complexity index is 1020. The van der Waals surface area contributed by atoms with Crippen LogP contribution in [0.2, 0.25) is 0 Å². The molecule has 3 aliphatic rings. The van der Waals surface area contributed by atoms with Crippen molar-refractivity contribution in [3.05, 3.63) is 48.6 Å². The molecule has 0 aromatic heterocycles. The maximum absolute atomic E-state index is 14.5. The van der Waals surface area contributed by atoms with Crippen molar-refractivity contribution < 1.29 is 24.2 Å². The highest BCUT2D eigenvalue weighted by atomic mass is 32.2. The van der Waals surface area contributed by atoms with Gasteiger partial charge in [0.25, 0.3) is 0 Å². The molecule has 3 fully saturated rings. The molecule has 0 aliphatic carbocycles. The van der Waals surface area contributed by atoms with Crippen LogP contribution in [0.1, 0.15) is 46.1 Å². The van der Waals surface area contributed by atoms with Gasteiger partial charge in [-0.15, -0.1) is 18.3 Å². The summed E-state index contributed by atoms with van der Waals surface area (Å²) in [6, 6.07) is 8.51. The van der Waals surface area contributed by atoms with Crippen molar-refractivity contribution >= 4 is 29.5 Å². The smallest absolute Gasteiger partial charge is 0.310 e. The summed E-state index contributed by atoms with van der Waals surface area (Å²) in [4.78, 5) is 45.4. The van der Waals surface area contributed by atoms with Crippen molar-refractivity contribution in [2.75, 3.05) is 19.8 Å². The van der Waals surface area contributed by atoms with Gasteiger partial charge >= 0.3 is 5.97 Å². The van der Waals surface area contributed by atoms with E-state index in [1.165, 1.54) is 0 Å². The molecule has 37 heavy (non-hydrogen) atoms. The van der Waals surface area contributed by atoms with E-state index in [0.29, 0.717) is 19.5 Å². The summed E-state index contributed by atoms with van der Waals surface area (Å²) in [7, 11) is 0. The molecule has 1 aromatic rings. The van der Waals surface area contributed by atoms with E-state index in [4.69, 9.17) is 4.74 Å². The van der Waals surface area contributed by atoms with Gasteiger partial charge in [-0.2, -0.15) is 0 Å². The number of carbonyl (C=O) groups is 3. The van der Waals surface area contributed by atoms with Gasteiger partial charge in [0.2, 0.25) is 11.8 Å². The second-order valence-corrected chi connectivity index (χ2v) is 12.6. The third-order valence-electron chi connectivity index (χ3n) is 8.20. The summed E-state index contributed by atoms with van der Waals surface area (Å²) < 4.78 is 4.69. The SMILES string of the molecule is C=CCN(Cc1ccccc1)C(=O)C1N([C@@H](CO)CC(C)C)C(=O)[C@@H]2[C@H](C(=O)OCC)[C@@H]3CC(C)C12S3. The molecule has 7 nitrogen and oxygen atoms in total. The second kappa shape index (κ2) is 11.2. The average molecular weight is 529 g/mol. The van der Waals surface area contributed by atoms with Gasteiger partial charge < -0.3 is 19.6 Å². The van der Waals surface area contributed by atoms with E-state index in [0.717, 1.165) is 12.0 Å². The number of aliphatic hydroxyl groups is 1. The number of rotatable bonds is 11. The molecule has 7 atom stereocenters. The molecule has 2 amide bonds. The molecule has 3 saturated heterocycles. The molecule has 3 aliphatic heterocycles. The molecule has 202 valence electrons. The fourth-order valence-electron chi connectivity index (χ4n) is 6.82. The second-order valence-electron chi connectivity index (χ2n) is 11.0. The van der Waals surface area contributed by atoms with E-state index in [1.54, 1.807) is 34.6 Å². The minimum atomic E-state index is -0.769. The Morgan fingerprint density at radius 2 is 2.03 bits per heavy atom. The number of ether oxygens (including phenoxy) is 1. The summed E-state index contributed by atoms with van der Waals surface area (Å²) in [6.07, 6.45) is 3.03. The van der Waals surface area contributed by atoms with Crippen molar-refractivity contribution in [2.24, 2.45) is 23.7 Å². The lowest BCUT2D eigenvalue weighted by atomic mass is 9.66. The lowest BCUT2D eigenvalue weighted by molar-refractivity contribution is -0.154. The van der Waals surface area contributed by atoms with Gasteiger partial charge in [0.1, 0.15) is 6.04 Å². The molecule has 1 spiro atoms. The molecule has 3 unspecified atom stereocenters. The largest absolute Gasteiger partial charge is 0.466 e. The Hall–Kier alpha value is -2.32. The van der Waals surface area contributed by atoms with Gasteiger partial charge in [-0.25, -0.2) is 0 Å². The van der Waals surface area contributed by atoms with Gasteiger partial charge in [-0.1, -0.05) is 57.2 Å². The van der Waals surface area contributed by atoms with Gasteiger partial charge in [-0.05, 0) is 37.2 Å². The maximum atomic E-state index is 14.5. The van der Waals surface area contributed by atoms with Crippen molar-refractivity contribution in [3.63, 3.8) is 0 Å². The quantitative estimate of drug-likeness (QED) is 0.349. The fraction of sp³-hybridized carbons (Fsp3) is 0.621. The summed E-state index contributed by atoms with van der Waals surface area (Å²) in [5, 5.41) is 10.4. The number of carbonyl (C=O) groups excluding carboxylic acids is 3. The first kappa shape index (κ1) is 27.7. The normalized spacial score (nSPS) is 30.9. The average Bonchev–Trinajstić information content (AvgIpc) is 3.46. The van der Waals surface area contributed by atoms with Gasteiger partial charge in [0.05, 0.1) is 35.8 Å². The molecule has 0 saturated carbocycles. The van der Waals surface area contributed by atoms with Crippen molar-refractivity contribution in [1.29, 1.82) is 0 Å². The molecule has 1 aromatic carbocycles. The number of thioether (sulfide) groups is 1. The first-order valence-electron chi connectivity index (χ1n) is 13.4. The van der Waals surface area contributed by atoms with Crippen LogP contribution in [-0.4, -0.2) is 74.5 Å². The standard InChI is InChI=1S/C29H40N2O5S/c1-6-13-30(16-20-11-9-8-10-12-20)27(34)25-29-19(5)15-22(37-29)23(28(35)36-7-2)24(29)26(33)31(25)21(17-32)14-18(3)4/h6,8-12,18-19,21-25,32H,1,7,13-17H2,2-5H3/t19?,21-,22+,23-,24+,25?,29?/m1/s1. The van der Waals surface area contributed by atoms with Crippen LogP contribution < -0.4 is 0 Å². The van der Waals surface area contributed by atoms with E-state index in [9.17, 15) is 19.5 Å². The topological polar surface area (TPSA) is 87.2 Å². The van der Waals surface area contributed by atoms with Crippen LogP contribution in [0.5, 0.6) is 0 Å². The van der Waals surface area contributed by atoms with Crippen molar-refractivity contribution in [1.82, 2.24) is 9.80 Å². The first-order chi connectivity index (χ1) is 17.7. The third-order valence-corrected chi connectivity index (χ3v) is 10.3. The van der Waals surface area contributed by atoms with E-state index in [-0.39, 0.29) is 48.1 Å². The zero-order chi connectivity index (χ0) is 26.9. The van der Waals surface area contributed by atoms with Gasteiger partial charge in [0, 0.05) is 18.3 Å². The van der Waals surface area contributed by atoms with Crippen LogP contribution >= 0.6 is 11.8 Å². The lowest BCUT2D eigenvalue weighted by Crippen LogP contribution is -2.59. The Kier molecular flexibility index (Phi) is 8.38. The molecule has 2 bridgehead atoms. The van der Waals surface area contributed by atoms with E-state index in [2.05, 4.69) is 13.5 Å². The third kappa shape index (κ3) is 4.71. The van der Waals surface area contributed by atoms with Crippen LogP contribution in [0.15, 0.2) is 43.0 Å². The Labute approximate surface area is 224 Å². The van der Waals surface area contributed by atoms with E-state index in [1.807, 2.05) is 44.2 Å². The number of amides is 2. The van der Waals surface area contributed by atoms with Gasteiger partial charge in [0.15, 0.2) is 0 Å². The minimum absolute atomic E-state index is 0.0555. The molecule has 3 heterocycles. The summed E-state index contributed by atoms with van der Waals surface area (Å²) in [5.74, 6) is -1.63. The first-order valence-corrected chi connectivity index (χ1v) is 14.3. The molecule has 4 rings (SSSR count). The highest BCUT2D eigenvalue weighted by Crippen LogP contribution is 2.69. The Morgan fingerprint density at radius 1 is 1.32 bits per heavy atom. The molecular weight excluding hydrogens is 488 g/mol. The minimum Gasteiger partial charge on any atom is -0.466 e. The van der Waals surface area contributed by atoms with Crippen molar-refractivity contribution in [3.8, 4) is 0 Å². The van der Waals surface area contributed by atoms with Crippen molar-refractivity contribution in [2.45, 2.75) is 69.2 Å². The number of hydrogen-bond acceptors (Lipinski definition) is 6. The Balaban J connectivity index is 1.80. The van der Waals surface area contributed by atoms with Crippen LogP contribution in [0.25, 0.3) is 0 Å². The number of fused-ring (bicyclic) bond motifs is 1. The lowest BCUT2D eigenvalue weighted by Gasteiger charge is -2.42. The zero-order valence-electron chi connectivity index (χ0n) is 22.3. The van der Waals surface area contributed by atoms with Crippen LogP contribution in [0.3, 0.4) is 0 Å². The zero-order valence-corrected chi connectivity index (χ0v) is 23.2. The molecule has 0 radical (unpaired) electrons. The van der Waals surface area contributed by atoms with Crippen LogP contribution in [0, 0.1) is 23.7 Å². The predicted molar refractivity (Wildman–Crippen MR) is 145 cm³/mol. The highest BCUT2D eigenvalue weighted by Gasteiger charge is 2.77. The molecule has 8 heteroatoms. The highest BCUT2D eigenvalue weighted by molar-refractivity contribution is 8.02.